The Morgan fingerprint density at radius 1 is 1.32 bits per heavy atom. The first-order valence-corrected chi connectivity index (χ1v) is 7.57. The van der Waals surface area contributed by atoms with E-state index < -0.39 is 6.23 Å². The van der Waals surface area contributed by atoms with Gasteiger partial charge < -0.3 is 4.74 Å². The van der Waals surface area contributed by atoms with Crippen LogP contribution in [-0.2, 0) is 9.53 Å². The molecule has 1 atom stereocenters. The fraction of sp³-hybridized carbons (Fsp3) is 0.188. The quantitative estimate of drug-likeness (QED) is 0.825. The number of pyridine rings is 1. The molecule has 1 aliphatic rings. The van der Waals surface area contributed by atoms with Crippen LogP contribution < -0.4 is 0 Å². The van der Waals surface area contributed by atoms with Crippen LogP contribution in [0, 0.1) is 6.92 Å². The van der Waals surface area contributed by atoms with Gasteiger partial charge in [-0.25, -0.2) is 0 Å². The number of halogens is 1. The normalized spacial score (nSPS) is 17.1. The molecule has 0 bridgehead atoms. The third-order valence-electron chi connectivity index (χ3n) is 3.37. The first kappa shape index (κ1) is 14.7. The lowest BCUT2D eigenvalue weighted by Crippen LogP contribution is -2.25. The van der Waals surface area contributed by atoms with Crippen LogP contribution in [0.1, 0.15) is 29.8 Å². The van der Waals surface area contributed by atoms with Gasteiger partial charge in [0.05, 0.1) is 5.56 Å². The lowest BCUT2D eigenvalue weighted by molar-refractivity contribution is -0.135. The number of hydrogen-bond donors (Lipinski definition) is 0. The maximum Gasteiger partial charge on any atom is 0.243 e. The van der Waals surface area contributed by atoms with E-state index in [4.69, 9.17) is 4.74 Å². The van der Waals surface area contributed by atoms with E-state index in [0.29, 0.717) is 5.90 Å². The molecule has 2 aromatic rings. The molecular weight excluding hydrogens is 346 g/mol. The van der Waals surface area contributed by atoms with Crippen molar-refractivity contribution < 1.29 is 9.53 Å². The highest BCUT2D eigenvalue weighted by Gasteiger charge is 2.33. The monoisotopic (exact) mass is 359 g/mol. The molecule has 0 fully saturated rings. The van der Waals surface area contributed by atoms with Gasteiger partial charge in [0.15, 0.2) is 0 Å². The summed E-state index contributed by atoms with van der Waals surface area (Å²) in [4.78, 5) is 16.0. The highest BCUT2D eigenvalue weighted by molar-refractivity contribution is 9.10. The van der Waals surface area contributed by atoms with Crippen molar-refractivity contribution in [2.45, 2.75) is 20.1 Å². The Hall–Kier alpha value is -2.21. The van der Waals surface area contributed by atoms with Gasteiger partial charge in [-0.1, -0.05) is 24.3 Å². The smallest absolute Gasteiger partial charge is 0.243 e. The molecule has 0 saturated heterocycles. The average molecular weight is 360 g/mol. The van der Waals surface area contributed by atoms with Crippen molar-refractivity contribution in [1.29, 1.82) is 0 Å². The number of ether oxygens (including phenoxy) is 1. The summed E-state index contributed by atoms with van der Waals surface area (Å²) in [5.41, 5.74) is 2.68. The van der Waals surface area contributed by atoms with Crippen LogP contribution in [0.15, 0.2) is 52.3 Å². The van der Waals surface area contributed by atoms with Gasteiger partial charge in [-0.15, -0.1) is 5.10 Å². The Kier molecular flexibility index (Phi) is 3.94. The van der Waals surface area contributed by atoms with Crippen LogP contribution >= 0.6 is 15.9 Å². The molecule has 2 heterocycles. The lowest BCUT2D eigenvalue weighted by atomic mass is 10.1. The second kappa shape index (κ2) is 5.88. The van der Waals surface area contributed by atoms with E-state index in [1.54, 1.807) is 12.4 Å². The first-order chi connectivity index (χ1) is 10.6. The highest BCUT2D eigenvalue weighted by Crippen LogP contribution is 2.32. The second-order valence-electron chi connectivity index (χ2n) is 4.99. The molecule has 1 unspecified atom stereocenters. The van der Waals surface area contributed by atoms with Crippen LogP contribution in [0.25, 0.3) is 0 Å². The Labute approximate surface area is 136 Å². The molecule has 1 aliphatic heterocycles. The van der Waals surface area contributed by atoms with Gasteiger partial charge in [0, 0.05) is 29.4 Å². The molecule has 0 saturated carbocycles. The summed E-state index contributed by atoms with van der Waals surface area (Å²) in [5, 5.41) is 5.67. The summed E-state index contributed by atoms with van der Waals surface area (Å²) < 4.78 is 6.76. The predicted octanol–water partition coefficient (Wildman–Crippen LogP) is 3.39. The summed E-state index contributed by atoms with van der Waals surface area (Å²) in [6, 6.07) is 9.64. The average Bonchev–Trinajstić information content (AvgIpc) is 2.93. The van der Waals surface area contributed by atoms with Gasteiger partial charge in [-0.05, 0) is 34.5 Å². The standard InChI is InChI=1S/C16H14BrN3O2/c1-10-5-3-4-6-14(10)16-20(11(2)21)19-15(22-16)12-7-13(17)9-18-8-12/h3-9,16H,1-2H3. The van der Waals surface area contributed by atoms with E-state index in [-0.39, 0.29) is 5.91 Å². The van der Waals surface area contributed by atoms with Crippen molar-refractivity contribution in [1.82, 2.24) is 9.99 Å². The second-order valence-corrected chi connectivity index (χ2v) is 5.90. The maximum atomic E-state index is 11.9. The molecular formula is C16H14BrN3O2. The van der Waals surface area contributed by atoms with E-state index in [9.17, 15) is 4.79 Å². The van der Waals surface area contributed by atoms with Gasteiger partial charge in [-0.2, -0.15) is 5.01 Å². The Bertz CT molecular complexity index is 761. The number of hydrogen-bond acceptors (Lipinski definition) is 4. The Morgan fingerprint density at radius 3 is 2.77 bits per heavy atom. The van der Waals surface area contributed by atoms with Gasteiger partial charge in [0.1, 0.15) is 0 Å². The number of benzene rings is 1. The molecule has 5 nitrogen and oxygen atoms in total. The fourth-order valence-corrected chi connectivity index (χ4v) is 2.64. The van der Waals surface area contributed by atoms with Gasteiger partial charge in [0.2, 0.25) is 18.0 Å². The molecule has 1 amide bonds. The molecule has 6 heteroatoms. The molecule has 0 N–H and O–H groups in total. The molecule has 0 radical (unpaired) electrons. The van der Waals surface area contributed by atoms with Crippen LogP contribution in [0.5, 0.6) is 0 Å². The first-order valence-electron chi connectivity index (χ1n) is 6.78. The van der Waals surface area contributed by atoms with Crippen molar-refractivity contribution in [2.75, 3.05) is 0 Å². The van der Waals surface area contributed by atoms with Crippen molar-refractivity contribution in [3.05, 3.63) is 63.9 Å². The van der Waals surface area contributed by atoms with Crippen molar-refractivity contribution >= 4 is 27.7 Å². The maximum absolute atomic E-state index is 11.9. The SMILES string of the molecule is CC(=O)N1N=C(c2cncc(Br)c2)OC1c1ccccc1C. The Morgan fingerprint density at radius 2 is 2.09 bits per heavy atom. The molecule has 1 aromatic carbocycles. The largest absolute Gasteiger partial charge is 0.446 e. The van der Waals surface area contributed by atoms with Crippen LogP contribution in [0.4, 0.5) is 0 Å². The minimum atomic E-state index is -0.548. The number of nitrogens with zero attached hydrogens (tertiary/aromatic N) is 3. The number of hydrazone groups is 1. The highest BCUT2D eigenvalue weighted by atomic mass is 79.9. The van der Waals surface area contributed by atoms with E-state index >= 15 is 0 Å². The van der Waals surface area contributed by atoms with E-state index in [0.717, 1.165) is 21.2 Å². The van der Waals surface area contributed by atoms with E-state index in [1.807, 2.05) is 37.3 Å². The number of amides is 1. The minimum absolute atomic E-state index is 0.175. The summed E-state index contributed by atoms with van der Waals surface area (Å²) in [5.74, 6) is 0.212. The molecule has 1 aromatic heterocycles. The zero-order valence-electron chi connectivity index (χ0n) is 12.2. The van der Waals surface area contributed by atoms with Crippen LogP contribution in [-0.4, -0.2) is 21.8 Å². The van der Waals surface area contributed by atoms with Crippen LogP contribution in [0.2, 0.25) is 0 Å². The summed E-state index contributed by atoms with van der Waals surface area (Å²) >= 11 is 3.37. The minimum Gasteiger partial charge on any atom is -0.446 e. The fourth-order valence-electron chi connectivity index (χ4n) is 2.28. The summed E-state index contributed by atoms with van der Waals surface area (Å²) in [6.45, 7) is 3.45. The number of carbonyl (C=O) groups excluding carboxylic acids is 1. The van der Waals surface area contributed by atoms with Gasteiger partial charge in [-0.3, -0.25) is 9.78 Å². The van der Waals surface area contributed by atoms with Crippen LogP contribution in [0.3, 0.4) is 0 Å². The van der Waals surface area contributed by atoms with Gasteiger partial charge in [0.25, 0.3) is 0 Å². The number of carbonyl (C=O) groups is 1. The molecule has 0 aliphatic carbocycles. The molecule has 3 rings (SSSR count). The van der Waals surface area contributed by atoms with E-state index in [2.05, 4.69) is 26.0 Å². The zero-order chi connectivity index (χ0) is 15.7. The van der Waals surface area contributed by atoms with Crippen molar-refractivity contribution in [3.8, 4) is 0 Å². The summed E-state index contributed by atoms with van der Waals surface area (Å²) in [7, 11) is 0. The molecule has 112 valence electrons. The molecule has 0 spiro atoms. The van der Waals surface area contributed by atoms with Crippen molar-refractivity contribution in [2.24, 2.45) is 5.10 Å². The third kappa shape index (κ3) is 2.74. The topological polar surface area (TPSA) is 54.8 Å². The number of rotatable bonds is 2. The lowest BCUT2D eigenvalue weighted by Gasteiger charge is -2.20. The Balaban J connectivity index is 1.99. The predicted molar refractivity (Wildman–Crippen MR) is 86.0 cm³/mol. The third-order valence-corrected chi connectivity index (χ3v) is 3.81. The zero-order valence-corrected chi connectivity index (χ0v) is 13.7. The number of aryl methyl sites for hydroxylation is 1. The summed E-state index contributed by atoms with van der Waals surface area (Å²) in [6.07, 6.45) is 2.79. The van der Waals surface area contributed by atoms with Gasteiger partial charge >= 0.3 is 0 Å². The number of aromatic nitrogens is 1. The van der Waals surface area contributed by atoms with E-state index in [1.165, 1.54) is 11.9 Å². The molecule has 22 heavy (non-hydrogen) atoms. The van der Waals surface area contributed by atoms with Crippen molar-refractivity contribution in [3.63, 3.8) is 0 Å².